The topological polar surface area (TPSA) is 75.7 Å². The maximum absolute atomic E-state index is 12.1. The third-order valence-corrected chi connectivity index (χ3v) is 4.60. The first-order valence-electron chi connectivity index (χ1n) is 8.07. The smallest absolute Gasteiger partial charge is 0.325 e. The number of carbonyl (C=O) groups is 3. The normalized spacial score (nSPS) is 17.1. The largest absolute Gasteiger partial charge is 0.454 e. The minimum Gasteiger partial charge on any atom is -0.454 e. The van der Waals surface area contributed by atoms with Gasteiger partial charge in [-0.2, -0.15) is 0 Å². The molecule has 0 aromatic heterocycles. The predicted octanol–water partition coefficient (Wildman–Crippen LogP) is 2.67. The van der Waals surface area contributed by atoms with Crippen molar-refractivity contribution < 1.29 is 19.1 Å². The first kappa shape index (κ1) is 19.5. The SMILES string of the molecule is CC1CCCCN1C(=O)COC(=O)CNC(=O)c1ccc(Cl)cc1Cl. The lowest BCUT2D eigenvalue weighted by Crippen LogP contribution is -2.44. The van der Waals surface area contributed by atoms with Crippen molar-refractivity contribution in [2.24, 2.45) is 0 Å². The van der Waals surface area contributed by atoms with Crippen LogP contribution in [0.15, 0.2) is 18.2 Å². The van der Waals surface area contributed by atoms with Crippen LogP contribution in [0.25, 0.3) is 0 Å². The number of benzene rings is 1. The fourth-order valence-corrected chi connectivity index (χ4v) is 3.16. The molecule has 8 heteroatoms. The fourth-order valence-electron chi connectivity index (χ4n) is 2.67. The van der Waals surface area contributed by atoms with E-state index in [9.17, 15) is 14.4 Å². The van der Waals surface area contributed by atoms with Crippen LogP contribution in [0.3, 0.4) is 0 Å². The number of esters is 1. The molecule has 6 nitrogen and oxygen atoms in total. The highest BCUT2D eigenvalue weighted by atomic mass is 35.5. The second-order valence-electron chi connectivity index (χ2n) is 5.90. The molecule has 1 aromatic rings. The Morgan fingerprint density at radius 1 is 1.28 bits per heavy atom. The Hall–Kier alpha value is -1.79. The molecule has 1 fully saturated rings. The van der Waals surface area contributed by atoms with Gasteiger partial charge >= 0.3 is 5.97 Å². The lowest BCUT2D eigenvalue weighted by atomic mass is 10.0. The van der Waals surface area contributed by atoms with Crippen LogP contribution in [0.1, 0.15) is 36.5 Å². The summed E-state index contributed by atoms with van der Waals surface area (Å²) in [6.45, 7) is 2.00. The third kappa shape index (κ3) is 5.61. The summed E-state index contributed by atoms with van der Waals surface area (Å²) < 4.78 is 4.94. The van der Waals surface area contributed by atoms with E-state index in [1.165, 1.54) is 18.2 Å². The molecule has 1 aliphatic rings. The first-order chi connectivity index (χ1) is 11.9. The standard InChI is InChI=1S/C17H20Cl2N2O4/c1-11-4-2-3-7-21(11)15(22)10-25-16(23)9-20-17(24)13-6-5-12(18)8-14(13)19/h5-6,8,11H,2-4,7,9-10H2,1H3,(H,20,24). The molecular formula is C17H20Cl2N2O4. The van der Waals surface area contributed by atoms with Crippen LogP contribution >= 0.6 is 23.2 Å². The summed E-state index contributed by atoms with van der Waals surface area (Å²) >= 11 is 11.7. The molecule has 1 N–H and O–H groups in total. The average molecular weight is 387 g/mol. The van der Waals surface area contributed by atoms with E-state index < -0.39 is 11.9 Å². The van der Waals surface area contributed by atoms with Crippen molar-refractivity contribution in [1.29, 1.82) is 0 Å². The zero-order valence-corrected chi connectivity index (χ0v) is 15.4. The number of piperidine rings is 1. The van der Waals surface area contributed by atoms with Gasteiger partial charge in [-0.3, -0.25) is 14.4 Å². The van der Waals surface area contributed by atoms with Gasteiger partial charge in [0.05, 0.1) is 10.6 Å². The van der Waals surface area contributed by atoms with Crippen LogP contribution in [-0.2, 0) is 14.3 Å². The van der Waals surface area contributed by atoms with E-state index in [2.05, 4.69) is 5.32 Å². The predicted molar refractivity (Wildman–Crippen MR) is 94.8 cm³/mol. The Labute approximate surface area is 156 Å². The number of hydrogen-bond acceptors (Lipinski definition) is 4. The van der Waals surface area contributed by atoms with Gasteiger partial charge in [-0.15, -0.1) is 0 Å². The summed E-state index contributed by atoms with van der Waals surface area (Å²) in [6, 6.07) is 4.59. The molecule has 136 valence electrons. The highest BCUT2D eigenvalue weighted by molar-refractivity contribution is 6.36. The highest BCUT2D eigenvalue weighted by Crippen LogP contribution is 2.20. The van der Waals surface area contributed by atoms with Gasteiger partial charge < -0.3 is 15.0 Å². The van der Waals surface area contributed by atoms with Gasteiger partial charge in [-0.25, -0.2) is 0 Å². The molecule has 2 amide bonds. The molecule has 0 saturated carbocycles. The van der Waals surface area contributed by atoms with Crippen molar-refractivity contribution >= 4 is 41.0 Å². The van der Waals surface area contributed by atoms with Crippen LogP contribution < -0.4 is 5.32 Å². The number of ether oxygens (including phenoxy) is 1. The molecule has 25 heavy (non-hydrogen) atoms. The van der Waals surface area contributed by atoms with Crippen LogP contribution in [0.5, 0.6) is 0 Å². The zero-order valence-electron chi connectivity index (χ0n) is 13.9. The van der Waals surface area contributed by atoms with E-state index in [1.807, 2.05) is 6.92 Å². The second kappa shape index (κ2) is 9.06. The van der Waals surface area contributed by atoms with Crippen molar-refractivity contribution in [3.63, 3.8) is 0 Å². The number of nitrogens with zero attached hydrogens (tertiary/aromatic N) is 1. The van der Waals surface area contributed by atoms with Crippen LogP contribution in [0.2, 0.25) is 10.0 Å². The molecule has 2 rings (SSSR count). The number of hydrogen-bond donors (Lipinski definition) is 1. The minimum absolute atomic E-state index is 0.159. The Morgan fingerprint density at radius 3 is 2.72 bits per heavy atom. The number of carbonyl (C=O) groups excluding carboxylic acids is 3. The Morgan fingerprint density at radius 2 is 2.04 bits per heavy atom. The third-order valence-electron chi connectivity index (χ3n) is 4.05. The van der Waals surface area contributed by atoms with Crippen molar-refractivity contribution in [2.75, 3.05) is 19.7 Å². The molecule has 0 radical (unpaired) electrons. The maximum atomic E-state index is 12.1. The monoisotopic (exact) mass is 386 g/mol. The highest BCUT2D eigenvalue weighted by Gasteiger charge is 2.24. The summed E-state index contributed by atoms with van der Waals surface area (Å²) in [5.41, 5.74) is 0.206. The molecule has 1 aliphatic heterocycles. The second-order valence-corrected chi connectivity index (χ2v) is 6.74. The van der Waals surface area contributed by atoms with Crippen molar-refractivity contribution in [1.82, 2.24) is 10.2 Å². The maximum Gasteiger partial charge on any atom is 0.325 e. The lowest BCUT2D eigenvalue weighted by molar-refractivity contribution is -0.152. The summed E-state index contributed by atoms with van der Waals surface area (Å²) in [4.78, 5) is 37.5. The zero-order chi connectivity index (χ0) is 18.4. The number of likely N-dealkylation sites (tertiary alicyclic amines) is 1. The van der Waals surface area contributed by atoms with Crippen LogP contribution in [0.4, 0.5) is 0 Å². The fraction of sp³-hybridized carbons (Fsp3) is 0.471. The van der Waals surface area contributed by atoms with Gasteiger partial charge in [0, 0.05) is 17.6 Å². The number of halogens is 2. The summed E-state index contributed by atoms with van der Waals surface area (Å²) in [5, 5.41) is 3.00. The quantitative estimate of drug-likeness (QED) is 0.789. The number of nitrogens with one attached hydrogen (secondary N) is 1. The van der Waals surface area contributed by atoms with Gasteiger partial charge in [0.1, 0.15) is 6.54 Å². The molecule has 1 unspecified atom stereocenters. The average Bonchev–Trinajstić information content (AvgIpc) is 2.58. The minimum atomic E-state index is -0.684. The number of amides is 2. The Kier molecular flexibility index (Phi) is 7.08. The van der Waals surface area contributed by atoms with Crippen LogP contribution in [-0.4, -0.2) is 48.4 Å². The van der Waals surface area contributed by atoms with Gasteiger partial charge in [0.25, 0.3) is 11.8 Å². The van der Waals surface area contributed by atoms with E-state index in [1.54, 1.807) is 4.90 Å². The lowest BCUT2D eigenvalue weighted by Gasteiger charge is -2.33. The van der Waals surface area contributed by atoms with Gasteiger partial charge in [0.15, 0.2) is 6.61 Å². The molecule has 0 aliphatic carbocycles. The van der Waals surface area contributed by atoms with E-state index in [4.69, 9.17) is 27.9 Å². The molecule has 0 spiro atoms. The Balaban J connectivity index is 1.76. The molecule has 1 saturated heterocycles. The summed E-state index contributed by atoms with van der Waals surface area (Å²) in [6.07, 6.45) is 3.02. The van der Waals surface area contributed by atoms with Gasteiger partial charge in [-0.1, -0.05) is 23.2 Å². The van der Waals surface area contributed by atoms with Crippen molar-refractivity contribution in [2.45, 2.75) is 32.2 Å². The summed E-state index contributed by atoms with van der Waals surface area (Å²) in [5.74, 6) is -1.42. The van der Waals surface area contributed by atoms with E-state index in [0.717, 1.165) is 19.3 Å². The van der Waals surface area contributed by atoms with E-state index in [-0.39, 0.29) is 35.7 Å². The van der Waals surface area contributed by atoms with Crippen LogP contribution in [0, 0.1) is 0 Å². The molecule has 1 atom stereocenters. The van der Waals surface area contributed by atoms with E-state index >= 15 is 0 Å². The summed E-state index contributed by atoms with van der Waals surface area (Å²) in [7, 11) is 0. The van der Waals surface area contributed by atoms with Crippen molar-refractivity contribution in [3.05, 3.63) is 33.8 Å². The molecular weight excluding hydrogens is 367 g/mol. The molecule has 1 aromatic carbocycles. The number of rotatable bonds is 5. The Bertz CT molecular complexity index is 666. The molecule has 1 heterocycles. The van der Waals surface area contributed by atoms with Gasteiger partial charge in [-0.05, 0) is 44.4 Å². The van der Waals surface area contributed by atoms with E-state index in [0.29, 0.717) is 11.6 Å². The first-order valence-corrected chi connectivity index (χ1v) is 8.82. The van der Waals surface area contributed by atoms with Gasteiger partial charge in [0.2, 0.25) is 0 Å². The molecule has 0 bridgehead atoms. The van der Waals surface area contributed by atoms with Crippen molar-refractivity contribution in [3.8, 4) is 0 Å².